The van der Waals surface area contributed by atoms with Crippen LogP contribution in [0.1, 0.15) is 146 Å². The number of imidazole rings is 3. The normalized spacial score (nSPS) is 17.5. The molecule has 3 N–H and O–H groups in total. The summed E-state index contributed by atoms with van der Waals surface area (Å²) in [5, 5.41) is 36.1. The molecule has 117 heavy (non-hydrogen) atoms. The van der Waals surface area contributed by atoms with Crippen molar-refractivity contribution in [3.63, 3.8) is 0 Å². The van der Waals surface area contributed by atoms with Gasteiger partial charge in [-0.05, 0) is 216 Å². The van der Waals surface area contributed by atoms with Crippen LogP contribution in [-0.4, -0.2) is 180 Å². The molecule has 9 heterocycles. The summed E-state index contributed by atoms with van der Waals surface area (Å²) in [6, 6.07) is 48.9. The number of amides is 5. The van der Waals surface area contributed by atoms with E-state index in [1.165, 1.54) is 39.0 Å². The van der Waals surface area contributed by atoms with Crippen LogP contribution in [0.2, 0.25) is 5.02 Å². The molecule has 3 fully saturated rings. The van der Waals surface area contributed by atoms with Gasteiger partial charge in [0.1, 0.15) is 23.4 Å². The average molecular weight is 1650 g/mol. The summed E-state index contributed by atoms with van der Waals surface area (Å²) in [4.78, 5) is 79.1. The van der Waals surface area contributed by atoms with Crippen molar-refractivity contribution >= 4 is 92.0 Å². The molecule has 3 aliphatic heterocycles. The Morgan fingerprint density at radius 3 is 1.56 bits per heavy atom. The van der Waals surface area contributed by atoms with Gasteiger partial charge in [0.25, 0.3) is 0 Å². The summed E-state index contributed by atoms with van der Waals surface area (Å²) in [5.41, 5.74) is 19.9. The predicted octanol–water partition coefficient (Wildman–Crippen LogP) is 15.7. The third-order valence-corrected chi connectivity index (χ3v) is 22.9. The Balaban J connectivity index is 0.000000138. The summed E-state index contributed by atoms with van der Waals surface area (Å²) in [6.07, 6.45) is 22.0. The zero-order valence-electron chi connectivity index (χ0n) is 66.4. The third kappa shape index (κ3) is 18.0. The standard InChI is InChI=1S/C32H31N7O.C31H28BrN7O.C28H32ClN5O3/c1-22-5-10-28-29(18-22)26(21-39-13-12-34-23(39)2)19-25-4-3-11-35-30(25)31(28)37-14-16-38(17-15-37)32(40)36-27-8-6-24(20-33)7-9-27;1-21-34-10-11-39(21)20-24-16-23-4-2-3-5-27(23)30(29-28(24)17-25(32)19-35-29)37-12-14-38(15-13-37)31(40)36-26-8-6-22(18-33)7-9-26;1-28(2,3)37-27(36)34-12-10-33(11-13-34)25-20-8-7-19(29)15-21(20)22(14-18-6-5-9-31-24(18)25)26(35)23-16-30-17-32(23)4/h3-13,18-19,31H,14-17,21H2,1-2H3,(H,36,40);2-11,16-17,19,30H,12-15,20H2,1H3,(H,36,40);5-9,14-17,25-26,35H,10-13H2,1-4H3/t31-;;25-,26?/m0.0/s1. The number of pyridine rings is 3. The predicted molar refractivity (Wildman–Crippen MR) is 457 cm³/mol. The quantitative estimate of drug-likeness (QED) is 0.109. The topological polar surface area (TPSA) is 264 Å². The third-order valence-electron chi connectivity index (χ3n) is 22.2. The SMILES string of the molecule is Cc1ccc2c(c1)C(Cn1ccnc1C)=Cc1cccnc1[C@H]2N1CCN(C(=O)Nc2ccc(C#N)cc2)CC1.Cc1nccn1CC1=Cc2ccccc2C(N2CCN(C(=O)Nc3ccc(C#N)cc3)CC2)c2ncc(Br)cc21.Cn1cncc1C(O)C1=Cc2cccnc2[C@@H](N2CCN(C(=O)OC(C)(C)C)CC2)c2ccc(Cl)cc21. The highest BCUT2D eigenvalue weighted by Gasteiger charge is 2.39. The van der Waals surface area contributed by atoms with E-state index in [4.69, 9.17) is 41.8 Å². The number of anilines is 2. The van der Waals surface area contributed by atoms with Gasteiger partial charge < -0.3 is 48.9 Å². The number of allylic oxidation sites excluding steroid dienone is 2. The first-order valence-electron chi connectivity index (χ1n) is 39.2. The second-order valence-corrected chi connectivity index (χ2v) is 32.3. The number of nitrogens with zero attached hydrogens (tertiary/aromatic N) is 17. The van der Waals surface area contributed by atoms with E-state index < -0.39 is 11.7 Å². The second-order valence-electron chi connectivity index (χ2n) is 31.0. The Morgan fingerprint density at radius 2 is 1.04 bits per heavy atom. The Bertz CT molecular complexity index is 5450. The molecule has 594 valence electrons. The number of carbonyl (C=O) groups excluding carboxylic acids is 3. The van der Waals surface area contributed by atoms with E-state index in [0.717, 1.165) is 86.2 Å². The van der Waals surface area contributed by atoms with Crippen molar-refractivity contribution in [1.82, 2.24) is 73.0 Å². The maximum absolute atomic E-state index is 13.0. The van der Waals surface area contributed by atoms with E-state index in [9.17, 15) is 19.5 Å². The van der Waals surface area contributed by atoms with Crippen LogP contribution in [-0.2, 0) is 24.9 Å². The van der Waals surface area contributed by atoms with Gasteiger partial charge in [0.2, 0.25) is 0 Å². The zero-order valence-corrected chi connectivity index (χ0v) is 68.7. The summed E-state index contributed by atoms with van der Waals surface area (Å²) < 4.78 is 12.7. The van der Waals surface area contributed by atoms with Crippen molar-refractivity contribution in [3.05, 3.63) is 306 Å². The Labute approximate surface area is 694 Å². The van der Waals surface area contributed by atoms with Gasteiger partial charge in [0.05, 0.1) is 76.7 Å². The van der Waals surface area contributed by atoms with Crippen molar-refractivity contribution < 1.29 is 24.2 Å². The van der Waals surface area contributed by atoms with E-state index in [1.54, 1.807) is 72.2 Å². The molecule has 3 aliphatic carbocycles. The average Bonchev–Trinajstić information content (AvgIpc) is 1.54. The lowest BCUT2D eigenvalue weighted by atomic mass is 9.91. The molecular formula is C91H91BrClN19O5. The number of aromatic nitrogens is 9. The summed E-state index contributed by atoms with van der Waals surface area (Å²) >= 11 is 10.2. The van der Waals surface area contributed by atoms with Crippen LogP contribution in [0.25, 0.3) is 34.9 Å². The first-order valence-corrected chi connectivity index (χ1v) is 40.4. The van der Waals surface area contributed by atoms with Crippen LogP contribution in [0, 0.1) is 43.4 Å². The van der Waals surface area contributed by atoms with Gasteiger partial charge in [-0.1, -0.05) is 77.8 Å². The molecular weight excluding hydrogens is 1550 g/mol. The lowest BCUT2D eigenvalue weighted by Crippen LogP contribution is -2.51. The summed E-state index contributed by atoms with van der Waals surface area (Å²) in [7, 11) is 1.87. The van der Waals surface area contributed by atoms with Gasteiger partial charge in [-0.2, -0.15) is 10.5 Å². The van der Waals surface area contributed by atoms with Crippen LogP contribution in [0.3, 0.4) is 0 Å². The molecule has 24 nitrogen and oxygen atoms in total. The van der Waals surface area contributed by atoms with Crippen molar-refractivity contribution in [3.8, 4) is 12.1 Å². The molecule has 6 aromatic heterocycles. The number of hydrogen-bond acceptors (Lipinski definition) is 16. The minimum absolute atomic E-state index is 0.0202. The van der Waals surface area contributed by atoms with Crippen LogP contribution in [0.15, 0.2) is 200 Å². The lowest BCUT2D eigenvalue weighted by Gasteiger charge is -2.40. The number of rotatable bonds is 11. The van der Waals surface area contributed by atoms with Crippen LogP contribution in [0.5, 0.6) is 0 Å². The molecule has 4 atom stereocenters. The van der Waals surface area contributed by atoms with Gasteiger partial charge in [-0.25, -0.2) is 29.3 Å². The van der Waals surface area contributed by atoms with Crippen molar-refractivity contribution in [2.45, 2.75) is 84.5 Å². The van der Waals surface area contributed by atoms with E-state index >= 15 is 0 Å². The highest BCUT2D eigenvalue weighted by atomic mass is 79.9. The van der Waals surface area contributed by atoms with Crippen molar-refractivity contribution in [2.24, 2.45) is 7.05 Å². The second kappa shape index (κ2) is 35.1. The number of aliphatic hydroxyl groups is 1. The van der Waals surface area contributed by atoms with Crippen molar-refractivity contribution in [1.29, 1.82) is 10.5 Å². The van der Waals surface area contributed by atoms with Crippen molar-refractivity contribution in [2.75, 3.05) is 89.2 Å². The van der Waals surface area contributed by atoms with Gasteiger partial charge in [-0.3, -0.25) is 29.7 Å². The van der Waals surface area contributed by atoms with Gasteiger partial charge in [-0.15, -0.1) is 0 Å². The molecule has 5 amide bonds. The lowest BCUT2D eigenvalue weighted by molar-refractivity contribution is 0.0117. The highest BCUT2D eigenvalue weighted by Crippen LogP contribution is 2.46. The number of ether oxygens (including phenoxy) is 1. The molecule has 11 aromatic rings. The number of nitriles is 2. The minimum atomic E-state index is -0.902. The van der Waals surface area contributed by atoms with Gasteiger partial charge >= 0.3 is 18.2 Å². The molecule has 0 bridgehead atoms. The number of aliphatic hydroxyl groups excluding tert-OH is 1. The number of halogens is 2. The fourth-order valence-corrected chi connectivity index (χ4v) is 16.7. The minimum Gasteiger partial charge on any atom is -0.444 e. The number of nitrogens with one attached hydrogen (secondary N) is 2. The molecule has 0 spiro atoms. The fraction of sp³-hybridized carbons (Fsp3) is 0.286. The van der Waals surface area contributed by atoms with Crippen LogP contribution in [0.4, 0.5) is 25.8 Å². The fourth-order valence-electron chi connectivity index (χ4n) is 16.2. The first kappa shape index (κ1) is 80.0. The summed E-state index contributed by atoms with van der Waals surface area (Å²) in [5.74, 6) is 1.95. The van der Waals surface area contributed by atoms with Crippen LogP contribution < -0.4 is 10.6 Å². The number of piperazine rings is 3. The zero-order chi connectivity index (χ0) is 81.6. The molecule has 5 aromatic carbocycles. The van der Waals surface area contributed by atoms with E-state index in [2.05, 4.69) is 151 Å². The number of aryl methyl sites for hydroxylation is 4. The van der Waals surface area contributed by atoms with Gasteiger partial charge in [0.15, 0.2) is 0 Å². The molecule has 2 unspecified atom stereocenters. The van der Waals surface area contributed by atoms with Gasteiger partial charge in [0, 0.05) is 168 Å². The monoisotopic (exact) mass is 1640 g/mol. The largest absolute Gasteiger partial charge is 0.444 e. The van der Waals surface area contributed by atoms with Crippen LogP contribution >= 0.6 is 27.5 Å². The molecule has 6 aliphatic rings. The highest BCUT2D eigenvalue weighted by molar-refractivity contribution is 9.10. The molecule has 17 rings (SSSR count). The van der Waals surface area contributed by atoms with E-state index in [1.807, 2.05) is 136 Å². The van der Waals surface area contributed by atoms with E-state index in [-0.39, 0.29) is 36.3 Å². The Kier molecular flexibility index (Phi) is 24.0. The number of fused-ring (bicyclic) bond motifs is 6. The number of benzene rings is 5. The Hall–Kier alpha value is -12.2. The Morgan fingerprint density at radius 1 is 0.547 bits per heavy atom. The maximum atomic E-state index is 13.0. The smallest absolute Gasteiger partial charge is 0.410 e. The molecule has 0 saturated carbocycles. The summed E-state index contributed by atoms with van der Waals surface area (Å²) in [6.45, 7) is 20.9. The molecule has 3 saturated heterocycles. The molecule has 0 radical (unpaired) electrons. The number of urea groups is 2. The van der Waals surface area contributed by atoms with E-state index in [0.29, 0.717) is 105 Å². The number of hydrogen-bond donors (Lipinski definition) is 3. The number of carbonyl (C=O) groups is 3. The maximum Gasteiger partial charge on any atom is 0.410 e. The molecule has 26 heteroatoms. The first-order chi connectivity index (χ1) is 56.6.